The van der Waals surface area contributed by atoms with Crippen molar-refractivity contribution < 1.29 is 28.6 Å². The molecule has 0 atom stereocenters. The molecule has 0 spiro atoms. The van der Waals surface area contributed by atoms with Crippen LogP contribution in [0.5, 0.6) is 17.2 Å². The highest BCUT2D eigenvalue weighted by Crippen LogP contribution is 2.38. The number of carbonyl (C=O) groups is 2. The van der Waals surface area contributed by atoms with Crippen molar-refractivity contribution in [1.29, 1.82) is 0 Å². The normalized spacial score (nSPS) is 10.8. The van der Waals surface area contributed by atoms with Crippen molar-refractivity contribution in [3.63, 3.8) is 0 Å². The molecule has 2 aromatic carbocycles. The Morgan fingerprint density at radius 3 is 2.07 bits per heavy atom. The second kappa shape index (κ2) is 10.5. The molecule has 0 aromatic heterocycles. The maximum absolute atomic E-state index is 12.4. The fourth-order valence-electron chi connectivity index (χ4n) is 2.77. The molecule has 0 aliphatic rings. The van der Waals surface area contributed by atoms with Gasteiger partial charge in [-0.1, -0.05) is 30.3 Å². The van der Waals surface area contributed by atoms with Gasteiger partial charge in [-0.15, -0.1) is 0 Å². The molecule has 0 saturated carbocycles. The topological polar surface area (TPSA) is 95.1 Å². The molecule has 2 rings (SSSR count). The minimum Gasteiger partial charge on any atom is -0.493 e. The van der Waals surface area contributed by atoms with E-state index in [2.05, 4.69) is 10.8 Å². The van der Waals surface area contributed by atoms with Gasteiger partial charge in [-0.05, 0) is 37.1 Å². The first kappa shape index (κ1) is 23.0. The van der Waals surface area contributed by atoms with Gasteiger partial charge >= 0.3 is 0 Å². The molecule has 8 heteroatoms. The zero-order valence-electron chi connectivity index (χ0n) is 17.9. The van der Waals surface area contributed by atoms with Gasteiger partial charge in [-0.2, -0.15) is 0 Å². The molecule has 0 saturated heterocycles. The van der Waals surface area contributed by atoms with E-state index in [1.807, 2.05) is 30.3 Å². The lowest BCUT2D eigenvalue weighted by molar-refractivity contribution is -0.142. The SMILES string of the molecule is COc1cc(CNC(=O)CONC(=O)C(C)(C)c2ccccc2)cc(OC)c1OC. The highest BCUT2D eigenvalue weighted by molar-refractivity contribution is 5.86. The molecule has 0 unspecified atom stereocenters. The average molecular weight is 416 g/mol. The van der Waals surface area contributed by atoms with E-state index in [0.717, 1.165) is 11.1 Å². The smallest absolute Gasteiger partial charge is 0.253 e. The molecule has 162 valence electrons. The highest BCUT2D eigenvalue weighted by Gasteiger charge is 2.29. The summed E-state index contributed by atoms with van der Waals surface area (Å²) in [5.74, 6) is 0.732. The zero-order chi connectivity index (χ0) is 22.1. The summed E-state index contributed by atoms with van der Waals surface area (Å²) in [6.45, 7) is 3.47. The first-order valence-corrected chi connectivity index (χ1v) is 9.36. The number of methoxy groups -OCH3 is 3. The molecular weight excluding hydrogens is 388 g/mol. The summed E-state index contributed by atoms with van der Waals surface area (Å²) in [4.78, 5) is 29.6. The predicted molar refractivity (Wildman–Crippen MR) is 112 cm³/mol. The lowest BCUT2D eigenvalue weighted by atomic mass is 9.84. The Labute approximate surface area is 176 Å². The Morgan fingerprint density at radius 1 is 0.933 bits per heavy atom. The summed E-state index contributed by atoms with van der Waals surface area (Å²) in [6.07, 6.45) is 0. The molecule has 0 radical (unpaired) electrons. The standard InChI is InChI=1S/C22H28N2O6/c1-22(2,16-9-7-6-8-10-16)21(26)24-30-14-19(25)23-13-15-11-17(27-3)20(29-5)18(12-15)28-4/h6-12H,13-14H2,1-5H3,(H,23,25)(H,24,26). The molecule has 30 heavy (non-hydrogen) atoms. The number of benzene rings is 2. The fraction of sp³-hybridized carbons (Fsp3) is 0.364. The van der Waals surface area contributed by atoms with Gasteiger partial charge in [0.2, 0.25) is 11.7 Å². The zero-order valence-corrected chi connectivity index (χ0v) is 17.9. The number of hydrogen-bond donors (Lipinski definition) is 2. The van der Waals surface area contributed by atoms with Crippen LogP contribution in [0.1, 0.15) is 25.0 Å². The van der Waals surface area contributed by atoms with Gasteiger partial charge in [0.25, 0.3) is 5.91 Å². The van der Waals surface area contributed by atoms with Crippen molar-refractivity contribution in [3.8, 4) is 17.2 Å². The second-order valence-electron chi connectivity index (χ2n) is 7.02. The Kier molecular flexibility index (Phi) is 8.06. The number of rotatable bonds is 10. The van der Waals surface area contributed by atoms with Crippen molar-refractivity contribution in [3.05, 3.63) is 53.6 Å². The summed E-state index contributed by atoms with van der Waals surface area (Å²) in [5, 5.41) is 2.72. The molecule has 0 aliphatic carbocycles. The van der Waals surface area contributed by atoms with E-state index in [0.29, 0.717) is 17.2 Å². The molecule has 2 N–H and O–H groups in total. The van der Waals surface area contributed by atoms with Crippen LogP contribution in [0.15, 0.2) is 42.5 Å². The second-order valence-corrected chi connectivity index (χ2v) is 7.02. The maximum atomic E-state index is 12.4. The maximum Gasteiger partial charge on any atom is 0.253 e. The highest BCUT2D eigenvalue weighted by atomic mass is 16.7. The lowest BCUT2D eigenvalue weighted by Crippen LogP contribution is -2.41. The van der Waals surface area contributed by atoms with Crippen LogP contribution in [0.3, 0.4) is 0 Å². The lowest BCUT2D eigenvalue weighted by Gasteiger charge is -2.23. The molecule has 0 bridgehead atoms. The van der Waals surface area contributed by atoms with E-state index in [1.54, 1.807) is 26.0 Å². The van der Waals surface area contributed by atoms with Gasteiger partial charge < -0.3 is 19.5 Å². The number of carbonyl (C=O) groups excluding carboxylic acids is 2. The molecular formula is C22H28N2O6. The molecule has 0 heterocycles. The van der Waals surface area contributed by atoms with Crippen LogP contribution >= 0.6 is 0 Å². The van der Waals surface area contributed by atoms with Crippen LogP contribution in [0.4, 0.5) is 0 Å². The fourth-order valence-corrected chi connectivity index (χ4v) is 2.77. The Morgan fingerprint density at radius 2 is 1.53 bits per heavy atom. The summed E-state index contributed by atoms with van der Waals surface area (Å²) in [5.41, 5.74) is 3.15. The van der Waals surface area contributed by atoms with Crippen LogP contribution in [0, 0.1) is 0 Å². The third kappa shape index (κ3) is 5.64. The number of ether oxygens (including phenoxy) is 3. The van der Waals surface area contributed by atoms with Gasteiger partial charge in [-0.3, -0.25) is 14.4 Å². The molecule has 2 amide bonds. The Balaban J connectivity index is 1.86. The van der Waals surface area contributed by atoms with Crippen LogP contribution < -0.4 is 25.0 Å². The van der Waals surface area contributed by atoms with Crippen LogP contribution in [-0.4, -0.2) is 39.8 Å². The van der Waals surface area contributed by atoms with Gasteiger partial charge in [0, 0.05) is 6.54 Å². The van der Waals surface area contributed by atoms with E-state index < -0.39 is 5.41 Å². The van der Waals surface area contributed by atoms with Crippen LogP contribution in [0.25, 0.3) is 0 Å². The largest absolute Gasteiger partial charge is 0.493 e. The Bertz CT molecular complexity index is 842. The van der Waals surface area contributed by atoms with E-state index in [4.69, 9.17) is 19.0 Å². The first-order valence-electron chi connectivity index (χ1n) is 9.36. The number of hydroxylamine groups is 1. The number of hydrogen-bond acceptors (Lipinski definition) is 6. The van der Waals surface area contributed by atoms with Gasteiger partial charge in [0.05, 0.1) is 26.7 Å². The number of amides is 2. The first-order chi connectivity index (χ1) is 14.3. The minimum atomic E-state index is -0.798. The molecule has 0 fully saturated rings. The van der Waals surface area contributed by atoms with Crippen molar-refractivity contribution in [2.45, 2.75) is 25.8 Å². The van der Waals surface area contributed by atoms with E-state index in [-0.39, 0.29) is 25.0 Å². The van der Waals surface area contributed by atoms with Crippen LogP contribution in [-0.2, 0) is 26.4 Å². The van der Waals surface area contributed by atoms with E-state index >= 15 is 0 Å². The number of nitrogens with one attached hydrogen (secondary N) is 2. The summed E-state index contributed by atoms with van der Waals surface area (Å²) in [6, 6.07) is 12.8. The molecule has 8 nitrogen and oxygen atoms in total. The molecule has 2 aromatic rings. The minimum absolute atomic E-state index is 0.225. The average Bonchev–Trinajstić information content (AvgIpc) is 2.77. The third-order valence-electron chi connectivity index (χ3n) is 4.65. The van der Waals surface area contributed by atoms with E-state index in [1.165, 1.54) is 21.3 Å². The monoisotopic (exact) mass is 416 g/mol. The van der Waals surface area contributed by atoms with Crippen molar-refractivity contribution in [2.75, 3.05) is 27.9 Å². The summed E-state index contributed by atoms with van der Waals surface area (Å²) in [7, 11) is 4.56. The van der Waals surface area contributed by atoms with Gasteiger partial charge in [0.1, 0.15) is 0 Å². The van der Waals surface area contributed by atoms with Gasteiger partial charge in [-0.25, -0.2) is 5.48 Å². The third-order valence-corrected chi connectivity index (χ3v) is 4.65. The predicted octanol–water partition coefficient (Wildman–Crippen LogP) is 2.35. The quantitative estimate of drug-likeness (QED) is 0.578. The Hall–Kier alpha value is -3.26. The van der Waals surface area contributed by atoms with Crippen LogP contribution in [0.2, 0.25) is 0 Å². The summed E-state index contributed by atoms with van der Waals surface area (Å²) < 4.78 is 15.9. The summed E-state index contributed by atoms with van der Waals surface area (Å²) >= 11 is 0. The van der Waals surface area contributed by atoms with Crippen molar-refractivity contribution in [1.82, 2.24) is 10.8 Å². The van der Waals surface area contributed by atoms with Crippen molar-refractivity contribution in [2.24, 2.45) is 0 Å². The van der Waals surface area contributed by atoms with Crippen molar-refractivity contribution >= 4 is 11.8 Å². The van der Waals surface area contributed by atoms with Gasteiger partial charge in [0.15, 0.2) is 18.1 Å². The van der Waals surface area contributed by atoms with E-state index in [9.17, 15) is 9.59 Å². The molecule has 0 aliphatic heterocycles.